The van der Waals surface area contributed by atoms with Crippen molar-refractivity contribution in [2.75, 3.05) is 0 Å². The van der Waals surface area contributed by atoms with E-state index < -0.39 is 0 Å². The standard InChI is InChI=1S/C15H14N2O/c1-10-3-5-12(6-4-10)13-8-14-7-11(2)16-15(18)17(14)9-13/h3-9H,1-2H3,(H,16,18). The lowest BCUT2D eigenvalue weighted by Crippen LogP contribution is -2.15. The van der Waals surface area contributed by atoms with E-state index in [-0.39, 0.29) is 5.69 Å². The summed E-state index contributed by atoms with van der Waals surface area (Å²) in [6.45, 7) is 3.95. The van der Waals surface area contributed by atoms with Crippen LogP contribution in [0.5, 0.6) is 0 Å². The molecular formula is C15H14N2O. The van der Waals surface area contributed by atoms with Gasteiger partial charge in [-0.3, -0.25) is 4.40 Å². The average molecular weight is 238 g/mol. The molecule has 0 aliphatic carbocycles. The predicted octanol–water partition coefficient (Wildman–Crippen LogP) is 2.91. The number of aryl methyl sites for hydroxylation is 2. The summed E-state index contributed by atoms with van der Waals surface area (Å²) in [6, 6.07) is 12.3. The normalized spacial score (nSPS) is 11.0. The molecule has 2 heterocycles. The van der Waals surface area contributed by atoms with E-state index >= 15 is 0 Å². The molecule has 0 fully saturated rings. The molecule has 0 aliphatic rings. The Bertz CT molecular complexity index is 763. The molecule has 0 amide bonds. The predicted molar refractivity (Wildman–Crippen MR) is 72.9 cm³/mol. The maximum absolute atomic E-state index is 11.8. The van der Waals surface area contributed by atoms with Gasteiger partial charge >= 0.3 is 5.69 Å². The molecule has 3 heteroatoms. The monoisotopic (exact) mass is 238 g/mol. The number of aromatic amines is 1. The second-order valence-corrected chi connectivity index (χ2v) is 4.65. The SMILES string of the molecule is Cc1ccc(-c2cc3cc(C)[nH]c(=O)n3c2)cc1. The van der Waals surface area contributed by atoms with Gasteiger partial charge in [0.1, 0.15) is 0 Å². The Balaban J connectivity index is 2.22. The van der Waals surface area contributed by atoms with E-state index in [9.17, 15) is 4.79 Å². The van der Waals surface area contributed by atoms with Gasteiger partial charge in [0.2, 0.25) is 0 Å². The van der Waals surface area contributed by atoms with Crippen molar-refractivity contribution in [2.45, 2.75) is 13.8 Å². The van der Waals surface area contributed by atoms with Crippen LogP contribution in [-0.2, 0) is 0 Å². The van der Waals surface area contributed by atoms with Crippen LogP contribution in [0.4, 0.5) is 0 Å². The van der Waals surface area contributed by atoms with Crippen LogP contribution in [0.25, 0.3) is 16.6 Å². The zero-order valence-corrected chi connectivity index (χ0v) is 10.4. The molecule has 0 saturated heterocycles. The summed E-state index contributed by atoms with van der Waals surface area (Å²) < 4.78 is 1.64. The lowest BCUT2D eigenvalue weighted by molar-refractivity contribution is 0.979. The lowest BCUT2D eigenvalue weighted by Gasteiger charge is -1.97. The maximum atomic E-state index is 11.8. The maximum Gasteiger partial charge on any atom is 0.330 e. The number of benzene rings is 1. The van der Waals surface area contributed by atoms with Crippen molar-refractivity contribution < 1.29 is 0 Å². The van der Waals surface area contributed by atoms with Crippen LogP contribution >= 0.6 is 0 Å². The molecular weight excluding hydrogens is 224 g/mol. The van der Waals surface area contributed by atoms with Crippen LogP contribution in [0.3, 0.4) is 0 Å². The summed E-state index contributed by atoms with van der Waals surface area (Å²) in [5.74, 6) is 0. The number of aromatic nitrogens is 2. The highest BCUT2D eigenvalue weighted by molar-refractivity contribution is 5.70. The molecule has 1 N–H and O–H groups in total. The Labute approximate surface area is 105 Å². The minimum atomic E-state index is -0.0941. The summed E-state index contributed by atoms with van der Waals surface area (Å²) in [5.41, 5.74) is 5.12. The van der Waals surface area contributed by atoms with E-state index in [1.807, 2.05) is 25.3 Å². The molecule has 3 rings (SSSR count). The molecule has 90 valence electrons. The van der Waals surface area contributed by atoms with Crippen LogP contribution in [0, 0.1) is 13.8 Å². The molecule has 2 aromatic heterocycles. The Hall–Kier alpha value is -2.29. The van der Waals surface area contributed by atoms with Gasteiger partial charge in [0.25, 0.3) is 0 Å². The third-order valence-corrected chi connectivity index (χ3v) is 3.12. The van der Waals surface area contributed by atoms with Gasteiger partial charge in [-0.05, 0) is 31.5 Å². The van der Waals surface area contributed by atoms with Gasteiger partial charge in [0.05, 0.1) is 5.52 Å². The first-order valence-electron chi connectivity index (χ1n) is 5.92. The highest BCUT2D eigenvalue weighted by Crippen LogP contribution is 2.22. The highest BCUT2D eigenvalue weighted by atomic mass is 16.1. The fraction of sp³-hybridized carbons (Fsp3) is 0.133. The van der Waals surface area contributed by atoms with E-state index in [2.05, 4.69) is 36.2 Å². The Morgan fingerprint density at radius 2 is 1.72 bits per heavy atom. The van der Waals surface area contributed by atoms with Crippen LogP contribution < -0.4 is 5.69 Å². The first kappa shape index (κ1) is 10.8. The van der Waals surface area contributed by atoms with Crippen molar-refractivity contribution in [2.24, 2.45) is 0 Å². The molecule has 1 aromatic carbocycles. The third kappa shape index (κ3) is 1.74. The largest absolute Gasteiger partial charge is 0.330 e. The number of hydrogen-bond acceptors (Lipinski definition) is 1. The van der Waals surface area contributed by atoms with Gasteiger partial charge in [0, 0.05) is 17.5 Å². The molecule has 0 atom stereocenters. The fourth-order valence-corrected chi connectivity index (χ4v) is 2.16. The highest BCUT2D eigenvalue weighted by Gasteiger charge is 2.04. The molecule has 0 aliphatic heterocycles. The zero-order chi connectivity index (χ0) is 12.7. The fourth-order valence-electron chi connectivity index (χ4n) is 2.16. The molecule has 0 bridgehead atoms. The van der Waals surface area contributed by atoms with Crippen molar-refractivity contribution in [1.82, 2.24) is 9.38 Å². The number of hydrogen-bond donors (Lipinski definition) is 1. The van der Waals surface area contributed by atoms with Crippen molar-refractivity contribution >= 4 is 5.52 Å². The molecule has 3 nitrogen and oxygen atoms in total. The molecule has 0 radical (unpaired) electrons. The van der Waals surface area contributed by atoms with Crippen LogP contribution in [-0.4, -0.2) is 9.38 Å². The van der Waals surface area contributed by atoms with E-state index in [4.69, 9.17) is 0 Å². The number of fused-ring (bicyclic) bond motifs is 1. The second kappa shape index (κ2) is 3.88. The van der Waals surface area contributed by atoms with Crippen LogP contribution in [0.2, 0.25) is 0 Å². The minimum Gasteiger partial charge on any atom is -0.311 e. The molecule has 18 heavy (non-hydrogen) atoms. The summed E-state index contributed by atoms with van der Waals surface area (Å²) in [7, 11) is 0. The second-order valence-electron chi connectivity index (χ2n) is 4.65. The summed E-state index contributed by atoms with van der Waals surface area (Å²) in [5, 5.41) is 0. The Morgan fingerprint density at radius 3 is 2.44 bits per heavy atom. The van der Waals surface area contributed by atoms with Gasteiger partial charge in [-0.25, -0.2) is 4.79 Å². The van der Waals surface area contributed by atoms with Gasteiger partial charge in [-0.15, -0.1) is 0 Å². The van der Waals surface area contributed by atoms with Gasteiger partial charge in [-0.2, -0.15) is 0 Å². The number of H-pyrrole nitrogens is 1. The summed E-state index contributed by atoms with van der Waals surface area (Å²) in [4.78, 5) is 14.6. The van der Waals surface area contributed by atoms with E-state index in [0.717, 1.165) is 22.3 Å². The number of rotatable bonds is 1. The van der Waals surface area contributed by atoms with Crippen molar-refractivity contribution in [3.63, 3.8) is 0 Å². The average Bonchev–Trinajstić information content (AvgIpc) is 2.74. The van der Waals surface area contributed by atoms with Crippen molar-refractivity contribution in [1.29, 1.82) is 0 Å². The number of nitrogens with zero attached hydrogens (tertiary/aromatic N) is 1. The first-order chi connectivity index (χ1) is 8.63. The lowest BCUT2D eigenvalue weighted by atomic mass is 10.1. The summed E-state index contributed by atoms with van der Waals surface area (Å²) >= 11 is 0. The Morgan fingerprint density at radius 1 is 1.00 bits per heavy atom. The molecule has 0 spiro atoms. The first-order valence-corrected chi connectivity index (χ1v) is 5.92. The van der Waals surface area contributed by atoms with E-state index in [0.29, 0.717) is 0 Å². The molecule has 0 saturated carbocycles. The van der Waals surface area contributed by atoms with Gasteiger partial charge in [-0.1, -0.05) is 29.8 Å². The van der Waals surface area contributed by atoms with Crippen LogP contribution in [0.1, 0.15) is 11.3 Å². The molecule has 0 unspecified atom stereocenters. The van der Waals surface area contributed by atoms with Crippen molar-refractivity contribution in [3.05, 3.63) is 64.3 Å². The van der Waals surface area contributed by atoms with E-state index in [1.54, 1.807) is 4.40 Å². The quantitative estimate of drug-likeness (QED) is 0.695. The zero-order valence-electron chi connectivity index (χ0n) is 10.4. The van der Waals surface area contributed by atoms with Gasteiger partial charge in [0.15, 0.2) is 0 Å². The third-order valence-electron chi connectivity index (χ3n) is 3.12. The van der Waals surface area contributed by atoms with Gasteiger partial charge < -0.3 is 4.98 Å². The molecule has 3 aromatic rings. The minimum absolute atomic E-state index is 0.0941. The topological polar surface area (TPSA) is 37.3 Å². The van der Waals surface area contributed by atoms with Crippen molar-refractivity contribution in [3.8, 4) is 11.1 Å². The Kier molecular flexibility index (Phi) is 2.33. The smallest absolute Gasteiger partial charge is 0.311 e. The summed E-state index contributed by atoms with van der Waals surface area (Å²) in [6.07, 6.45) is 1.87. The number of nitrogens with one attached hydrogen (secondary N) is 1. The van der Waals surface area contributed by atoms with E-state index in [1.165, 1.54) is 5.56 Å². The van der Waals surface area contributed by atoms with Crippen LogP contribution in [0.15, 0.2) is 47.4 Å².